The van der Waals surface area contributed by atoms with E-state index < -0.39 is 5.97 Å². The van der Waals surface area contributed by atoms with E-state index >= 15 is 0 Å². The first-order valence-electron chi connectivity index (χ1n) is 10.8. The lowest BCUT2D eigenvalue weighted by Gasteiger charge is -2.26. The number of carbonyl (C=O) groups is 3. The molecule has 2 aromatic carbocycles. The Balaban J connectivity index is 1.39. The van der Waals surface area contributed by atoms with Crippen molar-refractivity contribution < 1.29 is 24.2 Å². The zero-order valence-corrected chi connectivity index (χ0v) is 17.8. The number of ketones is 1. The number of rotatable bonds is 9. The SMILES string of the molecule is Cc1cccc(C(=O)NCCCC(=O)c2ccc(OC3CCC(C(=O)O)CC3)cc2)c1. The van der Waals surface area contributed by atoms with Gasteiger partial charge in [-0.25, -0.2) is 0 Å². The summed E-state index contributed by atoms with van der Waals surface area (Å²) in [7, 11) is 0. The van der Waals surface area contributed by atoms with Gasteiger partial charge in [0.2, 0.25) is 0 Å². The molecule has 2 aromatic rings. The second kappa shape index (κ2) is 10.8. The lowest BCUT2D eigenvalue weighted by atomic mass is 9.87. The fraction of sp³-hybridized carbons (Fsp3) is 0.400. The van der Waals surface area contributed by atoms with Crippen LogP contribution in [-0.2, 0) is 4.79 Å². The molecule has 0 radical (unpaired) electrons. The van der Waals surface area contributed by atoms with Gasteiger partial charge in [0.15, 0.2) is 5.78 Å². The van der Waals surface area contributed by atoms with Crippen molar-refractivity contribution in [2.75, 3.05) is 6.54 Å². The number of aryl methyl sites for hydroxylation is 1. The number of carboxylic acids is 1. The average molecular weight is 424 g/mol. The quantitative estimate of drug-likeness (QED) is 0.460. The fourth-order valence-electron chi connectivity index (χ4n) is 3.82. The van der Waals surface area contributed by atoms with Crippen LogP contribution in [0.25, 0.3) is 0 Å². The molecule has 1 aliphatic rings. The Labute approximate surface area is 182 Å². The van der Waals surface area contributed by atoms with Crippen molar-refractivity contribution in [3.8, 4) is 5.75 Å². The molecule has 6 nitrogen and oxygen atoms in total. The highest BCUT2D eigenvalue weighted by atomic mass is 16.5. The topological polar surface area (TPSA) is 92.7 Å². The van der Waals surface area contributed by atoms with Gasteiger partial charge in [-0.15, -0.1) is 0 Å². The van der Waals surface area contributed by atoms with Crippen molar-refractivity contribution in [1.29, 1.82) is 0 Å². The predicted octanol–water partition coefficient (Wildman–Crippen LogP) is 4.41. The van der Waals surface area contributed by atoms with E-state index in [-0.39, 0.29) is 23.7 Å². The number of carbonyl (C=O) groups excluding carboxylic acids is 2. The Morgan fingerprint density at radius 2 is 1.71 bits per heavy atom. The van der Waals surface area contributed by atoms with E-state index in [1.807, 2.05) is 25.1 Å². The third kappa shape index (κ3) is 6.67. The number of carboxylic acid groups (broad SMARTS) is 1. The minimum atomic E-state index is -0.726. The Bertz CT molecular complexity index is 914. The molecular formula is C25H29NO5. The van der Waals surface area contributed by atoms with Crippen molar-refractivity contribution in [3.05, 3.63) is 65.2 Å². The third-order valence-corrected chi connectivity index (χ3v) is 5.65. The summed E-state index contributed by atoms with van der Waals surface area (Å²) < 4.78 is 5.94. The molecule has 1 amide bonds. The lowest BCUT2D eigenvalue weighted by Crippen LogP contribution is -2.27. The molecule has 1 fully saturated rings. The summed E-state index contributed by atoms with van der Waals surface area (Å²) in [5.74, 6) is -0.397. The van der Waals surface area contributed by atoms with Gasteiger partial charge in [-0.2, -0.15) is 0 Å². The van der Waals surface area contributed by atoms with Crippen LogP contribution in [0.4, 0.5) is 0 Å². The smallest absolute Gasteiger partial charge is 0.306 e. The van der Waals surface area contributed by atoms with Crippen molar-refractivity contribution >= 4 is 17.7 Å². The minimum absolute atomic E-state index is 0.0224. The molecule has 1 aliphatic carbocycles. The molecule has 1 saturated carbocycles. The predicted molar refractivity (Wildman–Crippen MR) is 118 cm³/mol. The van der Waals surface area contributed by atoms with Gasteiger partial charge in [0.25, 0.3) is 5.91 Å². The summed E-state index contributed by atoms with van der Waals surface area (Å²) in [6.45, 7) is 2.38. The fourth-order valence-corrected chi connectivity index (χ4v) is 3.82. The van der Waals surface area contributed by atoms with E-state index in [2.05, 4.69) is 5.32 Å². The zero-order valence-electron chi connectivity index (χ0n) is 17.8. The van der Waals surface area contributed by atoms with Crippen LogP contribution >= 0.6 is 0 Å². The maximum Gasteiger partial charge on any atom is 0.306 e. The van der Waals surface area contributed by atoms with Crippen molar-refractivity contribution in [2.24, 2.45) is 5.92 Å². The van der Waals surface area contributed by atoms with Crippen molar-refractivity contribution in [1.82, 2.24) is 5.32 Å². The third-order valence-electron chi connectivity index (χ3n) is 5.65. The van der Waals surface area contributed by atoms with E-state index in [0.717, 1.165) is 18.4 Å². The van der Waals surface area contributed by atoms with Crippen LogP contribution in [0.3, 0.4) is 0 Å². The summed E-state index contributed by atoms with van der Waals surface area (Å²) in [6, 6.07) is 14.5. The summed E-state index contributed by atoms with van der Waals surface area (Å²) in [5.41, 5.74) is 2.27. The summed E-state index contributed by atoms with van der Waals surface area (Å²) in [6.07, 6.45) is 3.68. The van der Waals surface area contributed by atoms with Crippen LogP contribution in [0.5, 0.6) is 5.75 Å². The minimum Gasteiger partial charge on any atom is -0.490 e. The summed E-state index contributed by atoms with van der Waals surface area (Å²) >= 11 is 0. The first-order valence-corrected chi connectivity index (χ1v) is 10.8. The molecule has 3 rings (SSSR count). The number of ether oxygens (including phenoxy) is 1. The van der Waals surface area contributed by atoms with Crippen LogP contribution in [0.2, 0.25) is 0 Å². The second-order valence-corrected chi connectivity index (χ2v) is 8.11. The van der Waals surface area contributed by atoms with Gasteiger partial charge in [0.1, 0.15) is 5.75 Å². The molecule has 0 bridgehead atoms. The number of hydrogen-bond acceptors (Lipinski definition) is 4. The molecule has 164 valence electrons. The normalized spacial score (nSPS) is 18.2. The van der Waals surface area contributed by atoms with Crippen LogP contribution in [0.1, 0.15) is 64.8 Å². The molecule has 0 unspecified atom stereocenters. The molecule has 0 spiro atoms. The summed E-state index contributed by atoms with van der Waals surface area (Å²) in [4.78, 5) is 35.6. The van der Waals surface area contributed by atoms with E-state index in [9.17, 15) is 14.4 Å². The highest BCUT2D eigenvalue weighted by Crippen LogP contribution is 2.28. The number of amides is 1. The van der Waals surface area contributed by atoms with E-state index in [1.54, 1.807) is 30.3 Å². The molecule has 0 aliphatic heterocycles. The highest BCUT2D eigenvalue weighted by Gasteiger charge is 2.26. The number of hydrogen-bond donors (Lipinski definition) is 2. The lowest BCUT2D eigenvalue weighted by molar-refractivity contribution is -0.143. The molecule has 0 saturated heterocycles. The number of Topliss-reactive ketones (excluding diaryl/α,β-unsaturated/α-hetero) is 1. The van der Waals surface area contributed by atoms with Crippen molar-refractivity contribution in [3.63, 3.8) is 0 Å². The Hall–Kier alpha value is -3.15. The Morgan fingerprint density at radius 3 is 2.35 bits per heavy atom. The Morgan fingerprint density at radius 1 is 1.00 bits per heavy atom. The molecule has 0 atom stereocenters. The Kier molecular flexibility index (Phi) is 7.82. The summed E-state index contributed by atoms with van der Waals surface area (Å²) in [5, 5.41) is 11.9. The highest BCUT2D eigenvalue weighted by molar-refractivity contribution is 5.96. The van der Waals surface area contributed by atoms with Gasteiger partial charge < -0.3 is 15.2 Å². The van der Waals surface area contributed by atoms with E-state index in [0.29, 0.717) is 49.1 Å². The average Bonchev–Trinajstić information content (AvgIpc) is 2.77. The second-order valence-electron chi connectivity index (χ2n) is 8.11. The molecule has 0 heterocycles. The van der Waals surface area contributed by atoms with Crippen LogP contribution in [-0.4, -0.2) is 35.4 Å². The maximum absolute atomic E-state index is 12.4. The van der Waals surface area contributed by atoms with Gasteiger partial charge in [-0.1, -0.05) is 17.7 Å². The largest absolute Gasteiger partial charge is 0.490 e. The van der Waals surface area contributed by atoms with Crippen molar-refractivity contribution in [2.45, 2.75) is 51.6 Å². The van der Waals surface area contributed by atoms with Crippen LogP contribution in [0.15, 0.2) is 48.5 Å². The van der Waals surface area contributed by atoms with Gasteiger partial charge in [0, 0.05) is 24.1 Å². The maximum atomic E-state index is 12.4. The van der Waals surface area contributed by atoms with Gasteiger partial charge >= 0.3 is 5.97 Å². The standard InChI is InChI=1S/C25H29NO5/c1-17-4-2-5-20(16-17)24(28)26-15-3-6-23(27)18-7-11-21(12-8-18)31-22-13-9-19(10-14-22)25(29)30/h2,4-5,7-8,11-12,16,19,22H,3,6,9-10,13-15H2,1H3,(H,26,28)(H,29,30). The molecular weight excluding hydrogens is 394 g/mol. The zero-order chi connectivity index (χ0) is 22.2. The number of aliphatic carboxylic acids is 1. The molecule has 0 aromatic heterocycles. The number of nitrogens with one attached hydrogen (secondary N) is 1. The van der Waals surface area contributed by atoms with Gasteiger partial charge in [-0.05, 0) is 75.4 Å². The monoisotopic (exact) mass is 423 g/mol. The first-order chi connectivity index (χ1) is 14.9. The van der Waals surface area contributed by atoms with Crippen LogP contribution in [0, 0.1) is 12.8 Å². The first kappa shape index (κ1) is 22.5. The molecule has 6 heteroatoms. The van der Waals surface area contributed by atoms with Gasteiger partial charge in [0.05, 0.1) is 12.0 Å². The van der Waals surface area contributed by atoms with E-state index in [1.165, 1.54) is 0 Å². The number of benzene rings is 2. The molecule has 2 N–H and O–H groups in total. The van der Waals surface area contributed by atoms with Gasteiger partial charge in [-0.3, -0.25) is 14.4 Å². The molecule has 31 heavy (non-hydrogen) atoms. The van der Waals surface area contributed by atoms with E-state index in [4.69, 9.17) is 9.84 Å². The van der Waals surface area contributed by atoms with Crippen LogP contribution < -0.4 is 10.1 Å².